The number of benzene rings is 2. The first-order chi connectivity index (χ1) is 27.5. The summed E-state index contributed by atoms with van der Waals surface area (Å²) in [6.45, 7) is 2.95. The number of hydrogen-bond acceptors (Lipinski definition) is 12. The van der Waals surface area contributed by atoms with Gasteiger partial charge in [0.05, 0.1) is 38.9 Å². The number of nitrogens with two attached hydrogens (primary N) is 1. The van der Waals surface area contributed by atoms with Gasteiger partial charge in [0.2, 0.25) is 11.8 Å². The van der Waals surface area contributed by atoms with Gasteiger partial charge < -0.3 is 41.9 Å². The molecule has 0 radical (unpaired) electrons. The number of nitrogens with one attached hydrogen (secondary N) is 2. The molecule has 9 N–H and O–H groups in total. The van der Waals surface area contributed by atoms with Crippen LogP contribution in [-0.2, 0) is 35.2 Å². The van der Waals surface area contributed by atoms with Crippen molar-refractivity contribution in [1.29, 1.82) is 0 Å². The van der Waals surface area contributed by atoms with E-state index in [0.717, 1.165) is 11.1 Å². The summed E-state index contributed by atoms with van der Waals surface area (Å²) in [6, 6.07) is 10.3. The molecular weight excluding hydrogens is 1020 g/mol. The number of carboxylic acids is 4. The van der Waals surface area contributed by atoms with Crippen LogP contribution in [0.1, 0.15) is 24.1 Å². The Morgan fingerprint density at radius 3 is 1.47 bits per heavy atom. The second-order valence-corrected chi connectivity index (χ2v) is 15.9. The van der Waals surface area contributed by atoms with Crippen molar-refractivity contribution in [3.8, 4) is 5.75 Å². The van der Waals surface area contributed by atoms with Gasteiger partial charge in [0.15, 0.2) is 0 Å². The quantitative estimate of drug-likeness (QED) is 0.115. The van der Waals surface area contributed by atoms with Gasteiger partial charge in [-0.25, -0.2) is 4.79 Å². The van der Waals surface area contributed by atoms with E-state index in [0.29, 0.717) is 7.14 Å². The highest BCUT2D eigenvalue weighted by Crippen LogP contribution is 2.27. The zero-order valence-corrected chi connectivity index (χ0v) is 36.2. The Labute approximate surface area is 365 Å². The Morgan fingerprint density at radius 2 is 1.10 bits per heavy atom. The highest BCUT2D eigenvalue weighted by Gasteiger charge is 2.38. The number of phenols is 1. The molecule has 2 unspecified atom stereocenters. The number of aromatic hydroxyl groups is 1. The van der Waals surface area contributed by atoms with E-state index < -0.39 is 60.0 Å². The lowest BCUT2D eigenvalue weighted by Gasteiger charge is -2.34. The van der Waals surface area contributed by atoms with Gasteiger partial charge in [0, 0.05) is 58.9 Å². The highest BCUT2D eigenvalue weighted by molar-refractivity contribution is 14.1. The molecule has 59 heavy (non-hydrogen) atoms. The standard InChI is InChI=1S/C34H47I2N7O9.C2HF3O2/c1-22(24-5-3-2-4-6-24)38-34(52)28(39-33(51)27(37)17-23-15-25(35)32(50)26(36)16-23)18-40-7-9-41(19-29(44)45)11-13-43(21-31(48)49)14-12-42(10-8-40)20-30(46)47;3-2(4,5)1(6)7/h2-6,15-16,22,27-28,50H,7-14,17-21,37H2,1H3,(H,38,52)(H,39,51)(H,44,45)(H,46,47)(H,48,49);(H,6,7)/t22-,27?,28?;/m0./s1. The Morgan fingerprint density at radius 1 is 0.712 bits per heavy atom. The van der Waals surface area contributed by atoms with Crippen molar-refractivity contribution >= 4 is 80.9 Å². The largest absolute Gasteiger partial charge is 0.506 e. The Hall–Kier alpha value is -3.89. The van der Waals surface area contributed by atoms with Crippen LogP contribution in [0, 0.1) is 7.14 Å². The lowest BCUT2D eigenvalue weighted by Crippen LogP contribution is -2.57. The third-order valence-electron chi connectivity index (χ3n) is 8.85. The average Bonchev–Trinajstić information content (AvgIpc) is 3.13. The summed E-state index contributed by atoms with van der Waals surface area (Å²) in [5, 5.41) is 51.7. The van der Waals surface area contributed by atoms with Crippen LogP contribution >= 0.6 is 45.2 Å². The summed E-state index contributed by atoms with van der Waals surface area (Å²) in [5.74, 6) is -6.81. The van der Waals surface area contributed by atoms with Gasteiger partial charge in [-0.3, -0.25) is 43.6 Å². The third kappa shape index (κ3) is 19.8. The molecule has 2 aromatic rings. The fraction of sp³-hybridized carbons (Fsp3) is 0.500. The van der Waals surface area contributed by atoms with Crippen LogP contribution in [0.3, 0.4) is 0 Å². The highest BCUT2D eigenvalue weighted by atomic mass is 127. The van der Waals surface area contributed by atoms with E-state index in [1.165, 1.54) is 0 Å². The fourth-order valence-electron chi connectivity index (χ4n) is 5.76. The number of rotatable bonds is 15. The van der Waals surface area contributed by atoms with Crippen LogP contribution in [0.4, 0.5) is 13.2 Å². The maximum atomic E-state index is 13.9. The zero-order chi connectivity index (χ0) is 44.4. The summed E-state index contributed by atoms with van der Waals surface area (Å²) < 4.78 is 33.0. The minimum Gasteiger partial charge on any atom is -0.506 e. The number of carboxylic acid groups (broad SMARTS) is 4. The van der Waals surface area contributed by atoms with Gasteiger partial charge in [-0.05, 0) is 81.8 Å². The molecule has 3 rings (SSSR count). The number of hydrogen-bond donors (Lipinski definition) is 8. The fourth-order valence-corrected chi connectivity index (χ4v) is 7.66. The van der Waals surface area contributed by atoms with Crippen molar-refractivity contribution in [1.82, 2.24) is 30.2 Å². The van der Waals surface area contributed by atoms with E-state index in [1.54, 1.807) is 26.8 Å². The molecule has 2 amide bonds. The van der Waals surface area contributed by atoms with Crippen molar-refractivity contribution in [2.24, 2.45) is 5.73 Å². The van der Waals surface area contributed by atoms with Crippen LogP contribution in [0.2, 0.25) is 0 Å². The molecule has 1 fully saturated rings. The second kappa shape index (κ2) is 25.0. The number of amides is 2. The molecular formula is C36H48F3I2N7O11. The molecule has 23 heteroatoms. The first-order valence-corrected chi connectivity index (χ1v) is 20.1. The Balaban J connectivity index is 0.00000157. The maximum absolute atomic E-state index is 13.9. The van der Waals surface area contributed by atoms with E-state index in [2.05, 4.69) is 10.6 Å². The van der Waals surface area contributed by atoms with E-state index in [4.69, 9.17) is 15.6 Å². The number of halogens is 5. The van der Waals surface area contributed by atoms with Crippen molar-refractivity contribution in [3.05, 3.63) is 60.7 Å². The summed E-state index contributed by atoms with van der Waals surface area (Å²) in [6.07, 6.45) is -4.94. The van der Waals surface area contributed by atoms with Crippen LogP contribution in [0.25, 0.3) is 0 Å². The van der Waals surface area contributed by atoms with Crippen LogP contribution in [-0.4, -0.2) is 178 Å². The number of phenolic OH excluding ortho intramolecular Hbond substituents is 1. The van der Waals surface area contributed by atoms with Crippen molar-refractivity contribution < 1.29 is 67.5 Å². The van der Waals surface area contributed by atoms with Crippen molar-refractivity contribution in [3.63, 3.8) is 0 Å². The molecule has 0 bridgehead atoms. The minimum absolute atomic E-state index is 0.00771. The molecule has 0 spiro atoms. The molecule has 0 saturated carbocycles. The third-order valence-corrected chi connectivity index (χ3v) is 10.5. The van der Waals surface area contributed by atoms with Gasteiger partial charge in [-0.1, -0.05) is 30.3 Å². The van der Waals surface area contributed by atoms with Crippen LogP contribution < -0.4 is 16.4 Å². The van der Waals surface area contributed by atoms with E-state index in [1.807, 2.05) is 87.3 Å². The molecule has 1 saturated heterocycles. The number of carbonyl (C=O) groups excluding carboxylic acids is 2. The summed E-state index contributed by atoms with van der Waals surface area (Å²) in [5.41, 5.74) is 7.94. The molecule has 2 aromatic carbocycles. The zero-order valence-electron chi connectivity index (χ0n) is 31.9. The number of nitrogens with zero attached hydrogens (tertiary/aromatic N) is 4. The van der Waals surface area contributed by atoms with E-state index in [-0.39, 0.29) is 90.7 Å². The predicted octanol–water partition coefficient (Wildman–Crippen LogP) is 0.942. The summed E-state index contributed by atoms with van der Waals surface area (Å²) in [4.78, 5) is 78.3. The van der Waals surface area contributed by atoms with E-state index in [9.17, 15) is 57.6 Å². The SMILES string of the molecule is C[C@H](NC(=O)C(CN1CCN(CC(=O)O)CCN(CC(=O)O)CCN(CC(=O)O)CC1)NC(=O)C(N)Cc1cc(I)c(O)c(I)c1)c1ccccc1.O=C(O)C(F)(F)F. The van der Waals surface area contributed by atoms with Crippen LogP contribution in [0.5, 0.6) is 5.75 Å². The topological polar surface area (TPSA) is 267 Å². The molecule has 1 aliphatic rings. The normalized spacial score (nSPS) is 16.8. The second-order valence-electron chi connectivity index (χ2n) is 13.5. The van der Waals surface area contributed by atoms with Gasteiger partial charge in [-0.2, -0.15) is 13.2 Å². The van der Waals surface area contributed by atoms with Gasteiger partial charge in [-0.15, -0.1) is 0 Å². The molecule has 18 nitrogen and oxygen atoms in total. The van der Waals surface area contributed by atoms with E-state index >= 15 is 0 Å². The lowest BCUT2D eigenvalue weighted by molar-refractivity contribution is -0.192. The molecule has 1 aliphatic heterocycles. The smallest absolute Gasteiger partial charge is 0.490 e. The summed E-state index contributed by atoms with van der Waals surface area (Å²) >= 11 is 4.00. The van der Waals surface area contributed by atoms with Gasteiger partial charge in [0.1, 0.15) is 11.8 Å². The number of aliphatic carboxylic acids is 4. The molecule has 0 aromatic heterocycles. The van der Waals surface area contributed by atoms with Gasteiger partial charge >= 0.3 is 30.1 Å². The van der Waals surface area contributed by atoms with Crippen molar-refractivity contribution in [2.45, 2.75) is 37.6 Å². The lowest BCUT2D eigenvalue weighted by atomic mass is 10.0. The molecule has 1 heterocycles. The van der Waals surface area contributed by atoms with Crippen LogP contribution in [0.15, 0.2) is 42.5 Å². The Kier molecular flexibility index (Phi) is 21.7. The molecule has 3 atom stereocenters. The number of carbonyl (C=O) groups is 6. The monoisotopic (exact) mass is 1070 g/mol. The number of alkyl halides is 3. The maximum Gasteiger partial charge on any atom is 0.490 e. The molecule has 328 valence electrons. The van der Waals surface area contributed by atoms with Crippen molar-refractivity contribution in [2.75, 3.05) is 78.5 Å². The predicted molar refractivity (Wildman–Crippen MR) is 223 cm³/mol. The average molecular weight is 1070 g/mol. The van der Waals surface area contributed by atoms with Gasteiger partial charge in [0.25, 0.3) is 0 Å². The molecule has 0 aliphatic carbocycles. The first-order valence-electron chi connectivity index (χ1n) is 18.0. The summed E-state index contributed by atoms with van der Waals surface area (Å²) in [7, 11) is 0. The first kappa shape index (κ1) is 51.3. The Bertz CT molecular complexity index is 1690. The minimum atomic E-state index is -5.08.